The first-order valence-corrected chi connectivity index (χ1v) is 9.79. The Labute approximate surface area is 165 Å². The smallest absolute Gasteiger partial charge is 0.407 e. The van der Waals surface area contributed by atoms with Crippen LogP contribution in [0.5, 0.6) is 0 Å². The first kappa shape index (κ1) is 18.2. The van der Waals surface area contributed by atoms with Crippen LogP contribution in [0, 0.1) is 0 Å². The molecular formula is C21H18N2O4S. The van der Waals surface area contributed by atoms with Crippen molar-refractivity contribution in [2.75, 3.05) is 6.61 Å². The third-order valence-electron chi connectivity index (χ3n) is 4.83. The summed E-state index contributed by atoms with van der Waals surface area (Å²) >= 11 is 1.38. The number of carbonyl (C=O) groups is 2. The van der Waals surface area contributed by atoms with Crippen molar-refractivity contribution in [1.29, 1.82) is 0 Å². The Kier molecular flexibility index (Phi) is 5.08. The second-order valence-electron chi connectivity index (χ2n) is 6.54. The fourth-order valence-electron chi connectivity index (χ4n) is 3.53. The van der Waals surface area contributed by atoms with Crippen LogP contribution in [-0.4, -0.2) is 34.8 Å². The van der Waals surface area contributed by atoms with Crippen LogP contribution in [0.1, 0.15) is 22.7 Å². The number of aromatic nitrogens is 1. The average molecular weight is 394 g/mol. The molecule has 1 aromatic heterocycles. The summed E-state index contributed by atoms with van der Waals surface area (Å²) in [4.78, 5) is 27.8. The maximum absolute atomic E-state index is 12.3. The molecule has 1 aliphatic carbocycles. The van der Waals surface area contributed by atoms with Crippen molar-refractivity contribution in [3.8, 4) is 11.1 Å². The van der Waals surface area contributed by atoms with Crippen molar-refractivity contribution in [3.05, 3.63) is 76.2 Å². The highest BCUT2D eigenvalue weighted by Crippen LogP contribution is 2.44. The zero-order valence-electron chi connectivity index (χ0n) is 14.9. The maximum atomic E-state index is 12.3. The van der Waals surface area contributed by atoms with Crippen LogP contribution in [-0.2, 0) is 16.0 Å². The van der Waals surface area contributed by atoms with E-state index in [0.717, 1.165) is 22.3 Å². The molecule has 1 atom stereocenters. The van der Waals surface area contributed by atoms with Crippen LogP contribution in [0.3, 0.4) is 0 Å². The Hall–Kier alpha value is -3.19. The Bertz CT molecular complexity index is 958. The number of amides is 1. The number of fused-ring (bicyclic) bond motifs is 3. The van der Waals surface area contributed by atoms with E-state index in [9.17, 15) is 14.7 Å². The Morgan fingerprint density at radius 3 is 2.32 bits per heavy atom. The number of ether oxygens (including phenoxy) is 1. The number of carbonyl (C=O) groups excluding carboxylic acids is 1. The van der Waals surface area contributed by atoms with Gasteiger partial charge in [-0.3, -0.25) is 0 Å². The largest absolute Gasteiger partial charge is 0.480 e. The van der Waals surface area contributed by atoms with Gasteiger partial charge in [-0.25, -0.2) is 14.6 Å². The SMILES string of the molecule is O=C(NC(Cc1cscn1)C(=O)O)OCC1c2ccccc2-c2ccccc21. The van der Waals surface area contributed by atoms with E-state index in [1.165, 1.54) is 11.3 Å². The zero-order chi connectivity index (χ0) is 19.5. The molecule has 2 N–H and O–H groups in total. The number of rotatable bonds is 6. The van der Waals surface area contributed by atoms with E-state index in [1.54, 1.807) is 10.9 Å². The predicted octanol–water partition coefficient (Wildman–Crippen LogP) is 3.68. The fourth-order valence-corrected chi connectivity index (χ4v) is 4.10. The van der Waals surface area contributed by atoms with Crippen LogP contribution < -0.4 is 5.32 Å². The van der Waals surface area contributed by atoms with Gasteiger partial charge < -0.3 is 15.2 Å². The quantitative estimate of drug-likeness (QED) is 0.666. The predicted molar refractivity (Wildman–Crippen MR) is 105 cm³/mol. The van der Waals surface area contributed by atoms with Crippen LogP contribution >= 0.6 is 11.3 Å². The minimum absolute atomic E-state index is 0.0695. The average Bonchev–Trinajstić information content (AvgIpc) is 3.32. The van der Waals surface area contributed by atoms with E-state index in [4.69, 9.17) is 4.74 Å². The van der Waals surface area contributed by atoms with Gasteiger partial charge in [0.05, 0.1) is 11.2 Å². The van der Waals surface area contributed by atoms with Crippen LogP contribution in [0.4, 0.5) is 4.79 Å². The number of aliphatic carboxylic acids is 1. The number of carboxylic acid groups (broad SMARTS) is 1. The molecule has 0 saturated heterocycles. The molecule has 0 fully saturated rings. The number of carboxylic acids is 1. The van der Waals surface area contributed by atoms with Gasteiger partial charge in [-0.2, -0.15) is 0 Å². The van der Waals surface area contributed by atoms with Gasteiger partial charge >= 0.3 is 12.1 Å². The summed E-state index contributed by atoms with van der Waals surface area (Å²) in [6.45, 7) is 0.142. The number of thiazole rings is 1. The van der Waals surface area contributed by atoms with Crippen molar-refractivity contribution < 1.29 is 19.4 Å². The number of hydrogen-bond acceptors (Lipinski definition) is 5. The van der Waals surface area contributed by atoms with E-state index >= 15 is 0 Å². The zero-order valence-corrected chi connectivity index (χ0v) is 15.7. The summed E-state index contributed by atoms with van der Waals surface area (Å²) in [5, 5.41) is 13.6. The molecule has 0 spiro atoms. The van der Waals surface area contributed by atoms with Gasteiger partial charge in [-0.15, -0.1) is 11.3 Å². The highest BCUT2D eigenvalue weighted by atomic mass is 32.1. The monoisotopic (exact) mass is 394 g/mol. The van der Waals surface area contributed by atoms with Gasteiger partial charge in [-0.05, 0) is 22.3 Å². The van der Waals surface area contributed by atoms with Crippen molar-refractivity contribution in [3.63, 3.8) is 0 Å². The summed E-state index contributed by atoms with van der Waals surface area (Å²) in [5.74, 6) is -1.19. The van der Waals surface area contributed by atoms with Crippen LogP contribution in [0.15, 0.2) is 59.4 Å². The topological polar surface area (TPSA) is 88.5 Å². The molecule has 3 aromatic rings. The molecule has 1 unspecified atom stereocenters. The van der Waals surface area contributed by atoms with Gasteiger partial charge in [0.25, 0.3) is 0 Å². The summed E-state index contributed by atoms with van der Waals surface area (Å²) < 4.78 is 5.41. The summed E-state index contributed by atoms with van der Waals surface area (Å²) in [6, 6.07) is 15.0. The molecule has 1 aliphatic rings. The van der Waals surface area contributed by atoms with Crippen molar-refractivity contribution in [2.24, 2.45) is 0 Å². The van der Waals surface area contributed by atoms with Crippen molar-refractivity contribution in [2.45, 2.75) is 18.4 Å². The first-order valence-electron chi connectivity index (χ1n) is 8.85. The van der Waals surface area contributed by atoms with Gasteiger partial charge in [0.1, 0.15) is 12.6 Å². The molecule has 28 heavy (non-hydrogen) atoms. The summed E-state index contributed by atoms with van der Waals surface area (Å²) in [6.07, 6.45) is -0.632. The molecule has 0 aliphatic heterocycles. The molecule has 0 bridgehead atoms. The maximum Gasteiger partial charge on any atom is 0.407 e. The normalized spacial score (nSPS) is 13.4. The Morgan fingerprint density at radius 2 is 1.75 bits per heavy atom. The number of benzene rings is 2. The lowest BCUT2D eigenvalue weighted by Crippen LogP contribution is -2.43. The molecule has 142 valence electrons. The minimum Gasteiger partial charge on any atom is -0.480 e. The number of nitrogens with one attached hydrogen (secondary N) is 1. The van der Waals surface area contributed by atoms with E-state index in [1.807, 2.05) is 36.4 Å². The second kappa shape index (κ2) is 7.82. The third kappa shape index (κ3) is 3.61. The number of nitrogens with zero attached hydrogens (tertiary/aromatic N) is 1. The summed E-state index contributed by atoms with van der Waals surface area (Å²) in [7, 11) is 0. The lowest BCUT2D eigenvalue weighted by atomic mass is 9.98. The van der Waals surface area contributed by atoms with Gasteiger partial charge in [0.15, 0.2) is 0 Å². The van der Waals surface area contributed by atoms with E-state index in [0.29, 0.717) is 5.69 Å². The first-order chi connectivity index (χ1) is 13.6. The minimum atomic E-state index is -1.12. The van der Waals surface area contributed by atoms with Crippen LogP contribution in [0.25, 0.3) is 11.1 Å². The van der Waals surface area contributed by atoms with Crippen LogP contribution in [0.2, 0.25) is 0 Å². The van der Waals surface area contributed by atoms with E-state index < -0.39 is 18.1 Å². The van der Waals surface area contributed by atoms with Crippen molar-refractivity contribution in [1.82, 2.24) is 10.3 Å². The Balaban J connectivity index is 1.44. The van der Waals surface area contributed by atoms with Gasteiger partial charge in [0, 0.05) is 17.7 Å². The molecule has 0 saturated carbocycles. The molecular weight excluding hydrogens is 376 g/mol. The lowest BCUT2D eigenvalue weighted by molar-refractivity contribution is -0.139. The molecule has 2 aromatic carbocycles. The number of alkyl carbamates (subject to hydrolysis) is 1. The number of hydrogen-bond donors (Lipinski definition) is 2. The second-order valence-corrected chi connectivity index (χ2v) is 7.26. The molecule has 1 heterocycles. The van der Waals surface area contributed by atoms with E-state index in [2.05, 4.69) is 22.4 Å². The fraction of sp³-hybridized carbons (Fsp3) is 0.190. The Morgan fingerprint density at radius 1 is 1.11 bits per heavy atom. The molecule has 6 nitrogen and oxygen atoms in total. The summed E-state index contributed by atoms with van der Waals surface area (Å²) in [5.41, 5.74) is 6.73. The van der Waals surface area contributed by atoms with E-state index in [-0.39, 0.29) is 18.9 Å². The third-order valence-corrected chi connectivity index (χ3v) is 5.47. The van der Waals surface area contributed by atoms with Gasteiger partial charge in [0.2, 0.25) is 0 Å². The highest BCUT2D eigenvalue weighted by Gasteiger charge is 2.29. The molecule has 7 heteroatoms. The molecule has 0 radical (unpaired) electrons. The van der Waals surface area contributed by atoms with Gasteiger partial charge in [-0.1, -0.05) is 48.5 Å². The molecule has 1 amide bonds. The lowest BCUT2D eigenvalue weighted by Gasteiger charge is -2.17. The van der Waals surface area contributed by atoms with Crippen molar-refractivity contribution >= 4 is 23.4 Å². The highest BCUT2D eigenvalue weighted by molar-refractivity contribution is 7.07. The molecule has 4 rings (SSSR count). The standard InChI is InChI=1S/C21H18N2O4S/c24-20(25)19(9-13-11-28-12-22-13)23-21(26)27-10-18-16-7-3-1-5-14(16)15-6-2-4-8-17(15)18/h1-8,11-12,18-19H,9-10H2,(H,23,26)(H,24,25).